The highest BCUT2D eigenvalue weighted by atomic mass is 32.2. The van der Waals surface area contributed by atoms with Crippen molar-refractivity contribution in [3.63, 3.8) is 0 Å². The average molecular weight is 314 g/mol. The van der Waals surface area contributed by atoms with Crippen LogP contribution in [0.4, 0.5) is 0 Å². The third kappa shape index (κ3) is 4.87. The lowest BCUT2D eigenvalue weighted by atomic mass is 9.68. The van der Waals surface area contributed by atoms with Crippen molar-refractivity contribution in [1.29, 1.82) is 0 Å². The Labute approximate surface area is 136 Å². The van der Waals surface area contributed by atoms with Gasteiger partial charge in [-0.1, -0.05) is 34.1 Å². The van der Waals surface area contributed by atoms with E-state index in [-0.39, 0.29) is 0 Å². The Morgan fingerprint density at radius 3 is 2.43 bits per heavy atom. The Kier molecular flexibility index (Phi) is 6.89. The fourth-order valence-corrected chi connectivity index (χ4v) is 5.56. The largest absolute Gasteiger partial charge is 0.381 e. The monoisotopic (exact) mass is 313 g/mol. The number of hydrogen-bond acceptors (Lipinski definition) is 3. The Balaban J connectivity index is 1.96. The molecule has 1 aliphatic heterocycles. The van der Waals surface area contributed by atoms with E-state index in [0.717, 1.165) is 42.2 Å². The lowest BCUT2D eigenvalue weighted by Crippen LogP contribution is -2.46. The second kappa shape index (κ2) is 8.21. The molecule has 0 aromatic rings. The van der Waals surface area contributed by atoms with Crippen LogP contribution in [0.25, 0.3) is 0 Å². The third-order valence-corrected chi connectivity index (χ3v) is 7.54. The fourth-order valence-electron chi connectivity index (χ4n) is 3.83. The maximum absolute atomic E-state index is 5.53. The fraction of sp³-hybridized carbons (Fsp3) is 1.00. The van der Waals surface area contributed by atoms with Crippen molar-refractivity contribution in [3.8, 4) is 0 Å². The maximum Gasteiger partial charge on any atom is 0.0476 e. The third-order valence-electron chi connectivity index (χ3n) is 5.81. The van der Waals surface area contributed by atoms with Crippen LogP contribution >= 0.6 is 11.8 Å². The lowest BCUT2D eigenvalue weighted by molar-refractivity contribution is 0.0993. The second-order valence-corrected chi connectivity index (χ2v) is 9.05. The number of hydrogen-bond donors (Lipinski definition) is 1. The molecular weight excluding hydrogens is 278 g/mol. The zero-order valence-corrected chi connectivity index (χ0v) is 15.3. The molecule has 1 heterocycles. The van der Waals surface area contributed by atoms with E-state index in [1.165, 1.54) is 38.5 Å². The topological polar surface area (TPSA) is 21.3 Å². The molecule has 124 valence electrons. The summed E-state index contributed by atoms with van der Waals surface area (Å²) in [7, 11) is 0. The molecule has 1 saturated heterocycles. The molecule has 1 N–H and O–H groups in total. The summed E-state index contributed by atoms with van der Waals surface area (Å²) in [5, 5.41) is 5.39. The Hall–Kier alpha value is 0.270. The molecule has 0 radical (unpaired) electrons. The molecule has 1 saturated carbocycles. The van der Waals surface area contributed by atoms with Gasteiger partial charge in [0.05, 0.1) is 0 Å². The van der Waals surface area contributed by atoms with E-state index in [1.807, 2.05) is 0 Å². The number of rotatable bonds is 6. The van der Waals surface area contributed by atoms with Gasteiger partial charge in [0.1, 0.15) is 0 Å². The van der Waals surface area contributed by atoms with Crippen LogP contribution < -0.4 is 5.32 Å². The zero-order valence-electron chi connectivity index (χ0n) is 14.5. The predicted molar refractivity (Wildman–Crippen MR) is 94.1 cm³/mol. The minimum Gasteiger partial charge on any atom is -0.381 e. The normalized spacial score (nSPS) is 32.3. The highest BCUT2D eigenvalue weighted by Gasteiger charge is 2.38. The maximum atomic E-state index is 5.53. The number of nitrogens with one attached hydrogen (secondary N) is 1. The molecule has 2 fully saturated rings. The molecular formula is C18H35NOS. The summed E-state index contributed by atoms with van der Waals surface area (Å²) in [5.41, 5.74) is 0.506. The van der Waals surface area contributed by atoms with Crippen LogP contribution in [0.1, 0.15) is 66.2 Å². The first-order valence-electron chi connectivity index (χ1n) is 9.03. The van der Waals surface area contributed by atoms with Crippen LogP contribution in [0.3, 0.4) is 0 Å². The van der Waals surface area contributed by atoms with Crippen LogP contribution in [-0.2, 0) is 4.74 Å². The highest BCUT2D eigenvalue weighted by Crippen LogP contribution is 2.45. The summed E-state index contributed by atoms with van der Waals surface area (Å²) in [4.78, 5) is 0. The smallest absolute Gasteiger partial charge is 0.0476 e. The van der Waals surface area contributed by atoms with E-state index >= 15 is 0 Å². The molecule has 0 aromatic carbocycles. The number of ether oxygens (including phenoxy) is 1. The molecule has 21 heavy (non-hydrogen) atoms. The van der Waals surface area contributed by atoms with Gasteiger partial charge in [-0.2, -0.15) is 11.8 Å². The van der Waals surface area contributed by atoms with Crippen molar-refractivity contribution in [3.05, 3.63) is 0 Å². The molecule has 3 heteroatoms. The van der Waals surface area contributed by atoms with Gasteiger partial charge in [-0.15, -0.1) is 0 Å². The molecule has 1 aliphatic carbocycles. The van der Waals surface area contributed by atoms with Crippen molar-refractivity contribution >= 4 is 11.8 Å². The highest BCUT2D eigenvalue weighted by molar-refractivity contribution is 8.00. The average Bonchev–Trinajstić information content (AvgIpc) is 2.50. The summed E-state index contributed by atoms with van der Waals surface area (Å²) in [6.45, 7) is 12.6. The van der Waals surface area contributed by atoms with E-state index in [4.69, 9.17) is 4.74 Å². The predicted octanol–water partition coefficient (Wildman–Crippen LogP) is 4.48. The molecule has 2 aliphatic rings. The molecule has 0 amide bonds. The van der Waals surface area contributed by atoms with Gasteiger partial charge in [0.15, 0.2) is 0 Å². The molecule has 2 nitrogen and oxygen atoms in total. The van der Waals surface area contributed by atoms with Gasteiger partial charge in [0.25, 0.3) is 0 Å². The molecule has 3 unspecified atom stereocenters. The van der Waals surface area contributed by atoms with E-state index in [2.05, 4.69) is 44.8 Å². The van der Waals surface area contributed by atoms with Crippen LogP contribution in [0.2, 0.25) is 0 Å². The molecule has 0 aromatic heterocycles. The Morgan fingerprint density at radius 2 is 1.81 bits per heavy atom. The van der Waals surface area contributed by atoms with Gasteiger partial charge in [0, 0.05) is 29.8 Å². The van der Waals surface area contributed by atoms with Gasteiger partial charge in [0.2, 0.25) is 0 Å². The van der Waals surface area contributed by atoms with Crippen LogP contribution in [0.15, 0.2) is 0 Å². The second-order valence-electron chi connectivity index (χ2n) is 7.50. The zero-order chi connectivity index (χ0) is 15.3. The van der Waals surface area contributed by atoms with Gasteiger partial charge >= 0.3 is 0 Å². The summed E-state index contributed by atoms with van der Waals surface area (Å²) < 4.78 is 5.53. The van der Waals surface area contributed by atoms with Gasteiger partial charge < -0.3 is 10.1 Å². The van der Waals surface area contributed by atoms with Crippen molar-refractivity contribution < 1.29 is 4.74 Å². The lowest BCUT2D eigenvalue weighted by Gasteiger charge is -2.44. The summed E-state index contributed by atoms with van der Waals surface area (Å²) >= 11 is 2.28. The first-order valence-corrected chi connectivity index (χ1v) is 9.97. The van der Waals surface area contributed by atoms with Crippen molar-refractivity contribution in [2.45, 2.75) is 82.8 Å². The van der Waals surface area contributed by atoms with Crippen LogP contribution in [0, 0.1) is 11.3 Å². The summed E-state index contributed by atoms with van der Waals surface area (Å²) in [6, 6.07) is 0.728. The van der Waals surface area contributed by atoms with Gasteiger partial charge in [-0.05, 0) is 50.0 Å². The van der Waals surface area contributed by atoms with E-state index in [1.54, 1.807) is 0 Å². The SMILES string of the molecule is CCNC1CCC(C(C)(C)CC)CC1SC1CCOCC1. The first-order chi connectivity index (χ1) is 10.1. The van der Waals surface area contributed by atoms with Crippen molar-refractivity contribution in [2.24, 2.45) is 11.3 Å². The molecule has 3 atom stereocenters. The first kappa shape index (κ1) is 17.6. The Morgan fingerprint density at radius 1 is 1.10 bits per heavy atom. The van der Waals surface area contributed by atoms with Crippen molar-refractivity contribution in [2.75, 3.05) is 19.8 Å². The minimum absolute atomic E-state index is 0.506. The van der Waals surface area contributed by atoms with Crippen LogP contribution in [-0.4, -0.2) is 36.3 Å². The minimum atomic E-state index is 0.506. The number of thioether (sulfide) groups is 1. The molecule has 0 spiro atoms. The standard InChI is InChI=1S/C18H35NOS/c1-5-18(3,4)14-7-8-16(19-6-2)17(13-14)21-15-9-11-20-12-10-15/h14-17,19H,5-13H2,1-4H3. The van der Waals surface area contributed by atoms with E-state index in [9.17, 15) is 0 Å². The quantitative estimate of drug-likeness (QED) is 0.781. The van der Waals surface area contributed by atoms with Crippen molar-refractivity contribution in [1.82, 2.24) is 5.32 Å². The van der Waals surface area contributed by atoms with Crippen LogP contribution in [0.5, 0.6) is 0 Å². The van der Waals surface area contributed by atoms with E-state index < -0.39 is 0 Å². The Bertz CT molecular complexity index is 302. The summed E-state index contributed by atoms with van der Waals surface area (Å²) in [6.07, 6.45) is 7.98. The molecule has 2 rings (SSSR count). The van der Waals surface area contributed by atoms with Gasteiger partial charge in [-0.25, -0.2) is 0 Å². The van der Waals surface area contributed by atoms with E-state index in [0.29, 0.717) is 5.41 Å². The van der Waals surface area contributed by atoms with Gasteiger partial charge in [-0.3, -0.25) is 0 Å². The molecule has 0 bridgehead atoms. The summed E-state index contributed by atoms with van der Waals surface area (Å²) in [5.74, 6) is 0.898.